The van der Waals surface area contributed by atoms with Crippen molar-refractivity contribution in [3.8, 4) is 11.5 Å². The molecule has 2 aromatic carbocycles. The van der Waals surface area contributed by atoms with Crippen molar-refractivity contribution < 1.29 is 14.6 Å². The second-order valence-corrected chi connectivity index (χ2v) is 8.70. The maximum absolute atomic E-state index is 8.91. The fraction of sp³-hybridized carbons (Fsp3) is 0.440. The highest BCUT2D eigenvalue weighted by Gasteiger charge is 2.24. The third-order valence-corrected chi connectivity index (χ3v) is 5.62. The van der Waals surface area contributed by atoms with Crippen LogP contribution in [0.15, 0.2) is 54.4 Å². The number of halogens is 1. The number of ether oxygens (including phenoxy) is 2. The summed E-state index contributed by atoms with van der Waals surface area (Å²) in [4.78, 5) is 0. The number of hydrazine groups is 1. The second kappa shape index (κ2) is 12.6. The molecule has 5 N–H and O–H groups in total. The number of nitrogens with two attached hydrogens (primary N) is 2. The molecule has 0 radical (unpaired) electrons. The van der Waals surface area contributed by atoms with Crippen molar-refractivity contribution in [2.75, 3.05) is 32.2 Å². The number of aliphatic hydroxyl groups is 1. The fourth-order valence-corrected chi connectivity index (χ4v) is 3.44. The first kappa shape index (κ1) is 25.8. The van der Waals surface area contributed by atoms with Crippen LogP contribution in [0.25, 0.3) is 0 Å². The van der Waals surface area contributed by atoms with E-state index in [0.717, 1.165) is 29.9 Å². The minimum Gasteiger partial charge on any atom is -0.494 e. The molecule has 32 heavy (non-hydrogen) atoms. The molecule has 2 aromatic rings. The van der Waals surface area contributed by atoms with Gasteiger partial charge in [-0.05, 0) is 48.2 Å². The molecule has 0 aliphatic rings. The molecule has 176 valence electrons. The Morgan fingerprint density at radius 1 is 1.06 bits per heavy atom. The molecule has 6 nitrogen and oxygen atoms in total. The zero-order valence-corrected chi connectivity index (χ0v) is 20.1. The Morgan fingerprint density at radius 3 is 2.34 bits per heavy atom. The zero-order chi connectivity index (χ0) is 23.6. The molecule has 0 aliphatic carbocycles. The van der Waals surface area contributed by atoms with Gasteiger partial charge in [-0.3, -0.25) is 0 Å². The van der Waals surface area contributed by atoms with Crippen LogP contribution < -0.4 is 21.1 Å². The minimum atomic E-state index is -0.209. The second-order valence-electron chi connectivity index (χ2n) is 8.32. The van der Waals surface area contributed by atoms with E-state index in [1.165, 1.54) is 22.3 Å². The van der Waals surface area contributed by atoms with Gasteiger partial charge in [0.2, 0.25) is 0 Å². The topological polar surface area (TPSA) is 94.0 Å². The first-order valence-corrected chi connectivity index (χ1v) is 11.4. The van der Waals surface area contributed by atoms with Crippen molar-refractivity contribution in [1.82, 2.24) is 5.01 Å². The molecule has 0 aromatic heterocycles. The average molecular weight is 462 g/mol. The predicted molar refractivity (Wildman–Crippen MR) is 131 cm³/mol. The lowest BCUT2D eigenvalue weighted by atomic mass is 9.77. The Bertz CT molecular complexity index is 869. The zero-order valence-electron chi connectivity index (χ0n) is 19.3. The SMILES string of the molecule is Cc1cc(C(C)(C)c2ccc(OCCCN(N)/C=C(\N)CO)cc2)ccc1OCCCCl. The van der Waals surface area contributed by atoms with E-state index in [1.807, 2.05) is 18.2 Å². The van der Waals surface area contributed by atoms with Gasteiger partial charge >= 0.3 is 0 Å². The van der Waals surface area contributed by atoms with E-state index in [9.17, 15) is 0 Å². The van der Waals surface area contributed by atoms with Crippen molar-refractivity contribution >= 4 is 11.6 Å². The van der Waals surface area contributed by atoms with Gasteiger partial charge in [-0.15, -0.1) is 11.6 Å². The molecule has 0 aliphatic heterocycles. The van der Waals surface area contributed by atoms with Crippen LogP contribution in [0, 0.1) is 6.92 Å². The smallest absolute Gasteiger partial charge is 0.122 e. The molecule has 0 bridgehead atoms. The largest absolute Gasteiger partial charge is 0.494 e. The number of nitrogens with zero attached hydrogens (tertiary/aromatic N) is 1. The van der Waals surface area contributed by atoms with Gasteiger partial charge in [0.25, 0.3) is 0 Å². The van der Waals surface area contributed by atoms with E-state index >= 15 is 0 Å². The number of aryl methyl sites for hydroxylation is 1. The maximum Gasteiger partial charge on any atom is 0.122 e. The molecule has 0 atom stereocenters. The van der Waals surface area contributed by atoms with Crippen LogP contribution in [0.1, 0.15) is 43.4 Å². The maximum atomic E-state index is 8.91. The van der Waals surface area contributed by atoms with Crippen LogP contribution in [-0.4, -0.2) is 42.4 Å². The summed E-state index contributed by atoms with van der Waals surface area (Å²) in [6, 6.07) is 14.6. The highest BCUT2D eigenvalue weighted by atomic mass is 35.5. The van der Waals surface area contributed by atoms with Crippen molar-refractivity contribution in [3.05, 3.63) is 71.1 Å². The van der Waals surface area contributed by atoms with Crippen LogP contribution in [-0.2, 0) is 5.41 Å². The fourth-order valence-electron chi connectivity index (χ4n) is 3.33. The minimum absolute atomic E-state index is 0.156. The summed E-state index contributed by atoms with van der Waals surface area (Å²) in [5.74, 6) is 8.13. The van der Waals surface area contributed by atoms with Crippen molar-refractivity contribution in [2.24, 2.45) is 11.6 Å². The summed E-state index contributed by atoms with van der Waals surface area (Å²) >= 11 is 5.73. The number of alkyl halides is 1. The Morgan fingerprint density at radius 2 is 1.72 bits per heavy atom. The van der Waals surface area contributed by atoms with Gasteiger partial charge in [0.1, 0.15) is 11.5 Å². The lowest BCUT2D eigenvalue weighted by Gasteiger charge is -2.27. The lowest BCUT2D eigenvalue weighted by molar-refractivity contribution is 0.275. The summed E-state index contributed by atoms with van der Waals surface area (Å²) in [6.45, 7) is 8.04. The van der Waals surface area contributed by atoms with Crippen LogP contribution in [0.4, 0.5) is 0 Å². The first-order valence-electron chi connectivity index (χ1n) is 10.9. The molecule has 0 unspecified atom stereocenters. The van der Waals surface area contributed by atoms with Crippen LogP contribution in [0.3, 0.4) is 0 Å². The number of hydrogen-bond donors (Lipinski definition) is 3. The summed E-state index contributed by atoms with van der Waals surface area (Å²) in [5, 5.41) is 10.4. The van der Waals surface area contributed by atoms with Gasteiger partial charge < -0.3 is 25.3 Å². The van der Waals surface area contributed by atoms with Crippen LogP contribution >= 0.6 is 11.6 Å². The molecule has 0 saturated carbocycles. The van der Waals surface area contributed by atoms with Gasteiger partial charge in [0.15, 0.2) is 0 Å². The molecule has 0 saturated heterocycles. The normalized spacial score (nSPS) is 12.0. The van der Waals surface area contributed by atoms with E-state index in [0.29, 0.717) is 31.3 Å². The number of benzene rings is 2. The highest BCUT2D eigenvalue weighted by molar-refractivity contribution is 6.17. The number of rotatable bonds is 13. The third kappa shape index (κ3) is 7.62. The predicted octanol–water partition coefficient (Wildman–Crippen LogP) is 4.07. The van der Waals surface area contributed by atoms with Crippen LogP contribution in [0.2, 0.25) is 0 Å². The number of hydrogen-bond acceptors (Lipinski definition) is 6. The van der Waals surface area contributed by atoms with Crippen molar-refractivity contribution in [2.45, 2.75) is 39.0 Å². The van der Waals surface area contributed by atoms with E-state index in [4.69, 9.17) is 37.8 Å². The first-order chi connectivity index (χ1) is 15.3. The van der Waals surface area contributed by atoms with Gasteiger partial charge in [0, 0.05) is 30.5 Å². The standard InChI is InChI=1S/C25H36ClN3O3/c1-19-16-21(8-11-24(19)32-14-4-12-26)25(2,3)20-6-9-23(10-7-20)31-15-5-13-29(28)17-22(27)18-30/h6-11,16-17,30H,4-5,12-15,18,27-28H2,1-3H3/b22-17-. The van der Waals surface area contributed by atoms with Crippen molar-refractivity contribution in [3.63, 3.8) is 0 Å². The van der Waals surface area contributed by atoms with E-state index in [1.54, 1.807) is 0 Å². The molecule has 2 rings (SSSR count). The molecular weight excluding hydrogens is 426 g/mol. The van der Waals surface area contributed by atoms with E-state index < -0.39 is 0 Å². The summed E-state index contributed by atoms with van der Waals surface area (Å²) in [6.07, 6.45) is 3.09. The molecule has 0 amide bonds. The third-order valence-electron chi connectivity index (χ3n) is 5.35. The number of aliphatic hydroxyl groups excluding tert-OH is 1. The van der Waals surface area contributed by atoms with Gasteiger partial charge in [-0.2, -0.15) is 0 Å². The van der Waals surface area contributed by atoms with E-state index in [-0.39, 0.29) is 12.0 Å². The Labute approximate surface area is 196 Å². The van der Waals surface area contributed by atoms with E-state index in [2.05, 4.69) is 45.0 Å². The Balaban J connectivity index is 1.94. The summed E-state index contributed by atoms with van der Waals surface area (Å²) in [5.41, 5.74) is 9.28. The Hall–Kier alpha value is -2.41. The Kier molecular flexibility index (Phi) is 10.2. The molecule has 0 heterocycles. The monoisotopic (exact) mass is 461 g/mol. The molecule has 0 spiro atoms. The molecule has 7 heteroatoms. The quantitative estimate of drug-likeness (QED) is 0.180. The van der Waals surface area contributed by atoms with Gasteiger partial charge in [-0.1, -0.05) is 38.1 Å². The summed E-state index contributed by atoms with van der Waals surface area (Å²) in [7, 11) is 0. The van der Waals surface area contributed by atoms with Crippen LogP contribution in [0.5, 0.6) is 11.5 Å². The lowest BCUT2D eigenvalue weighted by Crippen LogP contribution is -2.29. The van der Waals surface area contributed by atoms with Crippen molar-refractivity contribution in [1.29, 1.82) is 0 Å². The van der Waals surface area contributed by atoms with Gasteiger partial charge in [-0.25, -0.2) is 5.84 Å². The van der Waals surface area contributed by atoms with Gasteiger partial charge in [0.05, 0.1) is 25.5 Å². The highest BCUT2D eigenvalue weighted by Crippen LogP contribution is 2.34. The molecule has 0 fully saturated rings. The molecular formula is C25H36ClN3O3. The summed E-state index contributed by atoms with van der Waals surface area (Å²) < 4.78 is 11.7. The average Bonchev–Trinajstić information content (AvgIpc) is 2.78.